The largest absolute Gasteiger partial charge is 0.378 e. The first-order valence-corrected chi connectivity index (χ1v) is 11.5. The van der Waals surface area contributed by atoms with Gasteiger partial charge in [0, 0.05) is 43.0 Å². The third-order valence-electron chi connectivity index (χ3n) is 6.89. The van der Waals surface area contributed by atoms with Crippen molar-refractivity contribution in [1.82, 2.24) is 20.2 Å². The average molecular weight is 471 g/mol. The molecule has 1 fully saturated rings. The first-order chi connectivity index (χ1) is 16.3. The molecule has 0 spiro atoms. The van der Waals surface area contributed by atoms with Gasteiger partial charge in [-0.15, -0.1) is 0 Å². The number of carbonyl (C=O) groups is 1. The number of alkyl halides is 2. The van der Waals surface area contributed by atoms with E-state index < -0.39 is 17.9 Å². The molecule has 1 saturated heterocycles. The van der Waals surface area contributed by atoms with Crippen molar-refractivity contribution in [3.63, 3.8) is 0 Å². The molecule has 0 radical (unpaired) electrons. The molecule has 2 aromatic heterocycles. The van der Waals surface area contributed by atoms with E-state index in [1.165, 1.54) is 4.90 Å². The van der Waals surface area contributed by atoms with Crippen molar-refractivity contribution < 1.29 is 23.4 Å². The lowest BCUT2D eigenvalue weighted by atomic mass is 9.87. The molecule has 3 aromatic rings. The number of nitrogens with zero attached hydrogens (tertiary/aromatic N) is 2. The molecule has 7 nitrogen and oxygen atoms in total. The van der Waals surface area contributed by atoms with E-state index in [9.17, 15) is 18.7 Å². The molecule has 1 amide bonds. The number of pyridine rings is 1. The van der Waals surface area contributed by atoms with Gasteiger partial charge in [0.25, 0.3) is 12.3 Å². The summed E-state index contributed by atoms with van der Waals surface area (Å²) in [6.45, 7) is 5.14. The lowest BCUT2D eigenvalue weighted by Crippen LogP contribution is -2.53. The van der Waals surface area contributed by atoms with Crippen LogP contribution in [0.5, 0.6) is 0 Å². The van der Waals surface area contributed by atoms with Crippen molar-refractivity contribution in [3.8, 4) is 11.1 Å². The van der Waals surface area contributed by atoms with Gasteiger partial charge in [0.15, 0.2) is 0 Å². The zero-order valence-electron chi connectivity index (χ0n) is 19.2. The van der Waals surface area contributed by atoms with Crippen LogP contribution in [0.15, 0.2) is 30.6 Å². The molecule has 0 aliphatic carbocycles. The standard InChI is InChI=1S/C25H28F2N4O3/c1-14-10-29-22-18(14)9-17(11-30-22)16-7-15-3-5-31(24(32)25(2,33)23(26)27)12-20(15)19(8-16)21-13-34-6-4-28-21/h7-11,21,23,28,33H,3-6,12-13H2,1-2H3,(H,29,30)/t21?,25-/m1/s1. The minimum absolute atomic E-state index is 0.0844. The second-order valence-electron chi connectivity index (χ2n) is 9.30. The number of halogens is 2. The van der Waals surface area contributed by atoms with Crippen LogP contribution in [-0.2, 0) is 22.5 Å². The quantitative estimate of drug-likeness (QED) is 0.545. The third-order valence-corrected chi connectivity index (χ3v) is 6.89. The molecule has 34 heavy (non-hydrogen) atoms. The summed E-state index contributed by atoms with van der Waals surface area (Å²) in [4.78, 5) is 21.8. The topological polar surface area (TPSA) is 90.5 Å². The number of morpholine rings is 1. The Hall–Kier alpha value is -2.88. The van der Waals surface area contributed by atoms with Gasteiger partial charge in [-0.1, -0.05) is 6.07 Å². The molecular formula is C25H28F2N4O3. The number of carbonyl (C=O) groups excluding carboxylic acids is 1. The predicted molar refractivity (Wildman–Crippen MR) is 124 cm³/mol. The number of aryl methyl sites for hydroxylation is 1. The smallest absolute Gasteiger partial charge is 0.275 e. The summed E-state index contributed by atoms with van der Waals surface area (Å²) in [5.74, 6) is -0.950. The molecule has 0 bridgehead atoms. The summed E-state index contributed by atoms with van der Waals surface area (Å²) in [5.41, 5.74) is 4.19. The Morgan fingerprint density at radius 2 is 2.15 bits per heavy atom. The number of fused-ring (bicyclic) bond motifs is 2. The van der Waals surface area contributed by atoms with Crippen LogP contribution in [0.25, 0.3) is 22.2 Å². The van der Waals surface area contributed by atoms with Crippen LogP contribution in [-0.4, -0.2) is 64.2 Å². The fourth-order valence-corrected chi connectivity index (χ4v) is 4.82. The maximum absolute atomic E-state index is 13.3. The lowest BCUT2D eigenvalue weighted by Gasteiger charge is -2.36. The van der Waals surface area contributed by atoms with Crippen molar-refractivity contribution >= 4 is 16.9 Å². The highest BCUT2D eigenvalue weighted by Gasteiger charge is 2.44. The molecule has 4 heterocycles. The van der Waals surface area contributed by atoms with Crippen molar-refractivity contribution in [2.45, 2.75) is 44.9 Å². The Morgan fingerprint density at radius 3 is 2.88 bits per heavy atom. The normalized spacial score (nSPS) is 20.4. The number of aliphatic hydroxyl groups is 1. The minimum atomic E-state index is -3.16. The van der Waals surface area contributed by atoms with Gasteiger partial charge >= 0.3 is 0 Å². The highest BCUT2D eigenvalue weighted by molar-refractivity contribution is 5.86. The fraction of sp³-hybridized carbons (Fsp3) is 0.440. The maximum Gasteiger partial charge on any atom is 0.275 e. The third kappa shape index (κ3) is 3.97. The first kappa shape index (κ1) is 22.9. The Bertz CT molecular complexity index is 1230. The highest BCUT2D eigenvalue weighted by atomic mass is 19.3. The van der Waals surface area contributed by atoms with Crippen LogP contribution < -0.4 is 5.32 Å². The second-order valence-corrected chi connectivity index (χ2v) is 9.30. The molecule has 3 N–H and O–H groups in total. The summed E-state index contributed by atoms with van der Waals surface area (Å²) in [7, 11) is 0. The van der Waals surface area contributed by atoms with Crippen molar-refractivity contribution in [3.05, 3.63) is 52.8 Å². The van der Waals surface area contributed by atoms with E-state index in [0.717, 1.165) is 51.3 Å². The van der Waals surface area contributed by atoms with E-state index in [0.29, 0.717) is 26.2 Å². The molecule has 2 aliphatic heterocycles. The van der Waals surface area contributed by atoms with Crippen molar-refractivity contribution in [1.29, 1.82) is 0 Å². The Morgan fingerprint density at radius 1 is 1.32 bits per heavy atom. The number of H-pyrrole nitrogens is 1. The minimum Gasteiger partial charge on any atom is -0.378 e. The Balaban J connectivity index is 1.56. The zero-order chi connectivity index (χ0) is 24.0. The number of nitrogens with one attached hydrogen (secondary N) is 2. The van der Waals surface area contributed by atoms with Crippen molar-refractivity contribution in [2.75, 3.05) is 26.3 Å². The molecule has 2 aliphatic rings. The summed E-state index contributed by atoms with van der Waals surface area (Å²) in [6.07, 6.45) is 1.12. The number of benzene rings is 1. The van der Waals surface area contributed by atoms with E-state index in [-0.39, 0.29) is 19.1 Å². The number of hydrogen-bond acceptors (Lipinski definition) is 5. The van der Waals surface area contributed by atoms with Gasteiger partial charge in [-0.05, 0) is 60.2 Å². The SMILES string of the molecule is Cc1c[nH]c2ncc(-c3cc4c(c(C5COCCN5)c3)CN(C(=O)[C@](C)(O)C(F)F)CC4)cc12. The molecular weight excluding hydrogens is 442 g/mol. The summed E-state index contributed by atoms with van der Waals surface area (Å²) >= 11 is 0. The number of rotatable bonds is 4. The molecule has 5 rings (SSSR count). The maximum atomic E-state index is 13.3. The van der Waals surface area contributed by atoms with Crippen molar-refractivity contribution in [2.24, 2.45) is 0 Å². The van der Waals surface area contributed by atoms with Crippen LogP contribution in [0.4, 0.5) is 8.78 Å². The molecule has 9 heteroatoms. The van der Waals surface area contributed by atoms with Gasteiger partial charge in [-0.3, -0.25) is 4.79 Å². The average Bonchev–Trinajstić information content (AvgIpc) is 3.23. The second kappa shape index (κ2) is 8.72. The highest BCUT2D eigenvalue weighted by Crippen LogP contribution is 2.35. The summed E-state index contributed by atoms with van der Waals surface area (Å²) in [6, 6.07) is 6.21. The van der Waals surface area contributed by atoms with Gasteiger partial charge in [0.05, 0.1) is 19.3 Å². The number of aromatic nitrogens is 2. The molecule has 0 saturated carbocycles. The number of hydrogen-bond donors (Lipinski definition) is 3. The lowest BCUT2D eigenvalue weighted by molar-refractivity contribution is -0.166. The summed E-state index contributed by atoms with van der Waals surface area (Å²) in [5, 5.41) is 14.6. The van der Waals surface area contributed by atoms with E-state index in [2.05, 4.69) is 33.5 Å². The van der Waals surface area contributed by atoms with Crippen LogP contribution in [0, 0.1) is 6.92 Å². The number of aromatic amines is 1. The van der Waals surface area contributed by atoms with E-state index >= 15 is 0 Å². The molecule has 2 atom stereocenters. The Labute approximate surface area is 196 Å². The van der Waals surface area contributed by atoms with Crippen LogP contribution >= 0.6 is 0 Å². The van der Waals surface area contributed by atoms with Gasteiger partial charge < -0.3 is 25.0 Å². The summed E-state index contributed by atoms with van der Waals surface area (Å²) < 4.78 is 32.3. The fourth-order valence-electron chi connectivity index (χ4n) is 4.82. The van der Waals surface area contributed by atoms with Gasteiger partial charge in [0.2, 0.25) is 5.60 Å². The van der Waals surface area contributed by atoms with Crippen LogP contribution in [0.1, 0.15) is 35.2 Å². The van der Waals surface area contributed by atoms with Gasteiger partial charge in [-0.25, -0.2) is 13.8 Å². The predicted octanol–water partition coefficient (Wildman–Crippen LogP) is 3.10. The zero-order valence-corrected chi connectivity index (χ0v) is 19.2. The number of ether oxygens (including phenoxy) is 1. The number of amides is 1. The monoisotopic (exact) mass is 470 g/mol. The molecule has 1 aromatic carbocycles. The van der Waals surface area contributed by atoms with Gasteiger partial charge in [0.1, 0.15) is 5.65 Å². The molecule has 180 valence electrons. The molecule has 1 unspecified atom stereocenters. The van der Waals surface area contributed by atoms with E-state index in [1.807, 2.05) is 19.3 Å². The van der Waals surface area contributed by atoms with E-state index in [4.69, 9.17) is 4.74 Å². The Kier molecular flexibility index (Phi) is 5.87. The van der Waals surface area contributed by atoms with Gasteiger partial charge in [-0.2, -0.15) is 0 Å². The van der Waals surface area contributed by atoms with Crippen LogP contribution in [0.3, 0.4) is 0 Å². The van der Waals surface area contributed by atoms with Crippen LogP contribution in [0.2, 0.25) is 0 Å². The first-order valence-electron chi connectivity index (χ1n) is 11.5. The van der Waals surface area contributed by atoms with E-state index in [1.54, 1.807) is 0 Å².